The molecule has 3 rings (SSSR count). The Morgan fingerprint density at radius 2 is 1.73 bits per heavy atom. The Balaban J connectivity index is 2.43. The average molecular weight is 214 g/mol. The predicted octanol–water partition coefficient (Wildman–Crippen LogP) is 4.06. The van der Waals surface area contributed by atoms with E-state index in [1.54, 1.807) is 7.11 Å². The number of fused-ring (bicyclic) bond motifs is 3. The van der Waals surface area contributed by atoms with E-state index < -0.39 is 0 Å². The zero-order valence-corrected chi connectivity index (χ0v) is 9.17. The fourth-order valence-electron chi connectivity index (χ4n) is 1.83. The molecule has 0 saturated carbocycles. The van der Waals surface area contributed by atoms with Crippen molar-refractivity contribution in [3.63, 3.8) is 0 Å². The number of benzene rings is 2. The van der Waals surface area contributed by atoms with Gasteiger partial charge in [0.1, 0.15) is 5.75 Å². The van der Waals surface area contributed by atoms with Gasteiger partial charge in [-0.05, 0) is 24.3 Å². The molecule has 0 amide bonds. The first kappa shape index (κ1) is 8.74. The molecule has 0 aliphatic rings. The summed E-state index contributed by atoms with van der Waals surface area (Å²) in [6, 6.07) is 14.7. The molecule has 1 nitrogen and oxygen atoms in total. The van der Waals surface area contributed by atoms with Crippen LogP contribution < -0.4 is 4.74 Å². The third-order valence-corrected chi connectivity index (χ3v) is 3.72. The van der Waals surface area contributed by atoms with E-state index in [-0.39, 0.29) is 0 Å². The SMILES string of the molecule is COc1ccc2c(c1)sc1ccccc12. The predicted molar refractivity (Wildman–Crippen MR) is 65.9 cm³/mol. The molecule has 0 radical (unpaired) electrons. The van der Waals surface area contributed by atoms with Crippen molar-refractivity contribution in [3.05, 3.63) is 42.5 Å². The molecule has 0 saturated heterocycles. The number of methoxy groups -OCH3 is 1. The summed E-state index contributed by atoms with van der Waals surface area (Å²) < 4.78 is 7.85. The molecule has 0 aliphatic heterocycles. The van der Waals surface area contributed by atoms with Gasteiger partial charge in [-0.1, -0.05) is 18.2 Å². The second-order valence-electron chi connectivity index (χ2n) is 3.46. The van der Waals surface area contributed by atoms with Crippen LogP contribution in [0.3, 0.4) is 0 Å². The standard InChI is InChI=1S/C13H10OS/c1-14-9-6-7-11-10-4-2-3-5-12(10)15-13(11)8-9/h2-8H,1H3. The molecule has 0 fully saturated rings. The topological polar surface area (TPSA) is 9.23 Å². The molecular formula is C13H10OS. The van der Waals surface area contributed by atoms with Crippen LogP contribution in [-0.2, 0) is 0 Å². The molecule has 0 spiro atoms. The van der Waals surface area contributed by atoms with Crippen molar-refractivity contribution in [2.75, 3.05) is 7.11 Å². The van der Waals surface area contributed by atoms with Crippen molar-refractivity contribution < 1.29 is 4.74 Å². The van der Waals surface area contributed by atoms with Crippen LogP contribution in [0.25, 0.3) is 20.2 Å². The van der Waals surface area contributed by atoms with Crippen LogP contribution in [0.4, 0.5) is 0 Å². The number of rotatable bonds is 1. The molecular weight excluding hydrogens is 204 g/mol. The normalized spacial score (nSPS) is 11.0. The molecule has 2 aromatic carbocycles. The molecule has 0 N–H and O–H groups in total. The molecule has 15 heavy (non-hydrogen) atoms. The molecule has 74 valence electrons. The van der Waals surface area contributed by atoms with Crippen LogP contribution in [0.1, 0.15) is 0 Å². The minimum atomic E-state index is 0.925. The Labute approximate surface area is 91.9 Å². The largest absolute Gasteiger partial charge is 0.497 e. The Kier molecular flexibility index (Phi) is 1.89. The number of ether oxygens (including phenoxy) is 1. The summed E-state index contributed by atoms with van der Waals surface area (Å²) >= 11 is 1.81. The highest BCUT2D eigenvalue weighted by atomic mass is 32.1. The number of thiophene rings is 1. The molecule has 0 atom stereocenters. The van der Waals surface area contributed by atoms with Crippen LogP contribution in [-0.4, -0.2) is 7.11 Å². The maximum absolute atomic E-state index is 5.22. The second kappa shape index (κ2) is 3.24. The third-order valence-electron chi connectivity index (χ3n) is 2.59. The Hall–Kier alpha value is -1.54. The summed E-state index contributed by atoms with van der Waals surface area (Å²) in [6.07, 6.45) is 0. The van der Waals surface area contributed by atoms with Gasteiger partial charge in [-0.3, -0.25) is 0 Å². The van der Waals surface area contributed by atoms with Gasteiger partial charge in [0.25, 0.3) is 0 Å². The Morgan fingerprint density at radius 3 is 2.60 bits per heavy atom. The number of hydrogen-bond donors (Lipinski definition) is 0. The monoisotopic (exact) mass is 214 g/mol. The maximum Gasteiger partial charge on any atom is 0.120 e. The first-order valence-corrected chi connectivity index (χ1v) is 5.65. The quantitative estimate of drug-likeness (QED) is 0.593. The fraction of sp³-hybridized carbons (Fsp3) is 0.0769. The van der Waals surface area contributed by atoms with E-state index in [9.17, 15) is 0 Å². The van der Waals surface area contributed by atoms with Gasteiger partial charge < -0.3 is 4.74 Å². The highest BCUT2D eigenvalue weighted by Crippen LogP contribution is 2.35. The van der Waals surface area contributed by atoms with Gasteiger partial charge >= 0.3 is 0 Å². The second-order valence-corrected chi connectivity index (χ2v) is 4.54. The molecule has 1 heterocycles. The summed E-state index contributed by atoms with van der Waals surface area (Å²) in [5.41, 5.74) is 0. The van der Waals surface area contributed by atoms with Crippen molar-refractivity contribution in [2.24, 2.45) is 0 Å². The van der Waals surface area contributed by atoms with Crippen LogP contribution in [0.5, 0.6) is 5.75 Å². The van der Waals surface area contributed by atoms with Crippen molar-refractivity contribution in [3.8, 4) is 5.75 Å². The summed E-state index contributed by atoms with van der Waals surface area (Å²) in [6.45, 7) is 0. The summed E-state index contributed by atoms with van der Waals surface area (Å²) in [5, 5.41) is 2.65. The van der Waals surface area contributed by atoms with Crippen LogP contribution in [0.15, 0.2) is 42.5 Å². The van der Waals surface area contributed by atoms with E-state index >= 15 is 0 Å². The summed E-state index contributed by atoms with van der Waals surface area (Å²) in [5.74, 6) is 0.925. The lowest BCUT2D eigenvalue weighted by Gasteiger charge is -1.97. The van der Waals surface area contributed by atoms with E-state index in [0.717, 1.165) is 5.75 Å². The lowest BCUT2D eigenvalue weighted by molar-refractivity contribution is 0.415. The average Bonchev–Trinajstić information content (AvgIpc) is 2.66. The first-order chi connectivity index (χ1) is 7.38. The van der Waals surface area contributed by atoms with Gasteiger partial charge in [-0.15, -0.1) is 11.3 Å². The smallest absolute Gasteiger partial charge is 0.120 e. The van der Waals surface area contributed by atoms with Gasteiger partial charge in [0, 0.05) is 20.2 Å². The highest BCUT2D eigenvalue weighted by Gasteiger charge is 2.04. The summed E-state index contributed by atoms with van der Waals surface area (Å²) in [7, 11) is 1.70. The van der Waals surface area contributed by atoms with E-state index in [4.69, 9.17) is 4.74 Å². The summed E-state index contributed by atoms with van der Waals surface area (Å²) in [4.78, 5) is 0. The van der Waals surface area contributed by atoms with Gasteiger partial charge in [-0.2, -0.15) is 0 Å². The number of hydrogen-bond acceptors (Lipinski definition) is 2. The van der Waals surface area contributed by atoms with Crippen LogP contribution >= 0.6 is 11.3 Å². The Bertz CT molecular complexity index is 625. The third kappa shape index (κ3) is 1.29. The molecule has 1 aromatic heterocycles. The molecule has 2 heteroatoms. The van der Waals surface area contributed by atoms with Gasteiger partial charge in [0.15, 0.2) is 0 Å². The molecule has 3 aromatic rings. The van der Waals surface area contributed by atoms with Crippen molar-refractivity contribution in [2.45, 2.75) is 0 Å². The zero-order valence-electron chi connectivity index (χ0n) is 8.36. The van der Waals surface area contributed by atoms with Gasteiger partial charge in [-0.25, -0.2) is 0 Å². The van der Waals surface area contributed by atoms with E-state index in [2.05, 4.69) is 36.4 Å². The molecule has 0 unspecified atom stereocenters. The first-order valence-electron chi connectivity index (χ1n) is 4.84. The van der Waals surface area contributed by atoms with Crippen LogP contribution in [0.2, 0.25) is 0 Å². The van der Waals surface area contributed by atoms with Crippen molar-refractivity contribution in [1.29, 1.82) is 0 Å². The van der Waals surface area contributed by atoms with E-state index in [1.165, 1.54) is 20.2 Å². The lowest BCUT2D eigenvalue weighted by atomic mass is 10.1. The zero-order chi connectivity index (χ0) is 10.3. The van der Waals surface area contributed by atoms with Crippen molar-refractivity contribution >= 4 is 31.5 Å². The maximum atomic E-state index is 5.22. The van der Waals surface area contributed by atoms with Gasteiger partial charge in [0.2, 0.25) is 0 Å². The minimum absolute atomic E-state index is 0.925. The minimum Gasteiger partial charge on any atom is -0.497 e. The lowest BCUT2D eigenvalue weighted by Crippen LogP contribution is -1.79. The van der Waals surface area contributed by atoms with Crippen molar-refractivity contribution in [1.82, 2.24) is 0 Å². The Morgan fingerprint density at radius 1 is 0.933 bits per heavy atom. The molecule has 0 aliphatic carbocycles. The molecule has 0 bridgehead atoms. The van der Waals surface area contributed by atoms with E-state index in [1.807, 2.05) is 17.4 Å². The highest BCUT2D eigenvalue weighted by molar-refractivity contribution is 7.25. The van der Waals surface area contributed by atoms with Gasteiger partial charge in [0.05, 0.1) is 7.11 Å². The fourth-order valence-corrected chi connectivity index (χ4v) is 2.97. The van der Waals surface area contributed by atoms with Crippen LogP contribution in [0, 0.1) is 0 Å². The van der Waals surface area contributed by atoms with E-state index in [0.29, 0.717) is 0 Å².